The van der Waals surface area contributed by atoms with Crippen LogP contribution in [0.4, 0.5) is 5.69 Å². The average molecular weight is 281 g/mol. The van der Waals surface area contributed by atoms with Gasteiger partial charge >= 0.3 is 0 Å². The summed E-state index contributed by atoms with van der Waals surface area (Å²) in [7, 11) is 0. The maximum atomic E-state index is 11.5. The number of piperazine rings is 1. The van der Waals surface area contributed by atoms with E-state index in [0.29, 0.717) is 11.1 Å². The number of benzene rings is 1. The van der Waals surface area contributed by atoms with Crippen molar-refractivity contribution in [3.05, 3.63) is 29.3 Å². The van der Waals surface area contributed by atoms with Crippen LogP contribution < -0.4 is 4.90 Å². The summed E-state index contributed by atoms with van der Waals surface area (Å²) in [5, 5.41) is 9.25. The van der Waals surface area contributed by atoms with Gasteiger partial charge in [0, 0.05) is 44.7 Å². The van der Waals surface area contributed by atoms with Crippen LogP contribution in [-0.2, 0) is 0 Å². The van der Waals surface area contributed by atoms with E-state index in [0.717, 1.165) is 44.8 Å². The van der Waals surface area contributed by atoms with Gasteiger partial charge in [0.1, 0.15) is 6.07 Å². The van der Waals surface area contributed by atoms with Crippen LogP contribution in [0.15, 0.2) is 18.2 Å². The predicted octanol–water partition coefficient (Wildman–Crippen LogP) is 1.91. The Morgan fingerprint density at radius 3 is 2.62 bits per heavy atom. The number of carbonyl (C=O) groups is 1. The highest BCUT2D eigenvalue weighted by Crippen LogP contribution is 2.23. The molecule has 108 valence electrons. The van der Waals surface area contributed by atoms with E-state index >= 15 is 0 Å². The lowest BCUT2D eigenvalue weighted by atomic mass is 10.1. The fraction of sp³-hybridized carbons (Fsp3) is 0.412. The summed E-state index contributed by atoms with van der Waals surface area (Å²) >= 11 is 0. The summed E-state index contributed by atoms with van der Waals surface area (Å²) in [5.41, 5.74) is 2.14. The zero-order valence-electron chi connectivity index (χ0n) is 12.3. The molecule has 1 heterocycles. The summed E-state index contributed by atoms with van der Waals surface area (Å²) in [6, 6.07) is 7.49. The van der Waals surface area contributed by atoms with E-state index in [1.54, 1.807) is 19.1 Å². The lowest BCUT2D eigenvalue weighted by Crippen LogP contribution is -2.46. The van der Waals surface area contributed by atoms with E-state index < -0.39 is 0 Å². The first-order valence-corrected chi connectivity index (χ1v) is 7.11. The van der Waals surface area contributed by atoms with Gasteiger partial charge in [0.05, 0.1) is 11.3 Å². The quantitative estimate of drug-likeness (QED) is 0.625. The van der Waals surface area contributed by atoms with Crippen molar-refractivity contribution in [1.82, 2.24) is 4.90 Å². The number of rotatable bonds is 4. The SMILES string of the molecule is C#CCCN1CCN(c2cc(C(C)=O)ccc2C#N)CC1. The van der Waals surface area contributed by atoms with Crippen molar-refractivity contribution in [2.45, 2.75) is 13.3 Å². The van der Waals surface area contributed by atoms with Gasteiger partial charge in [-0.1, -0.05) is 0 Å². The lowest BCUT2D eigenvalue weighted by Gasteiger charge is -2.36. The van der Waals surface area contributed by atoms with Gasteiger partial charge in [-0.05, 0) is 25.1 Å². The molecule has 0 radical (unpaired) electrons. The topological polar surface area (TPSA) is 47.3 Å². The maximum absolute atomic E-state index is 11.5. The molecule has 0 N–H and O–H groups in total. The molecule has 0 saturated carbocycles. The second-order valence-electron chi connectivity index (χ2n) is 5.18. The molecule has 0 atom stereocenters. The highest BCUT2D eigenvalue weighted by molar-refractivity contribution is 5.95. The first-order valence-electron chi connectivity index (χ1n) is 7.11. The van der Waals surface area contributed by atoms with Crippen LogP contribution >= 0.6 is 0 Å². The van der Waals surface area contributed by atoms with Crippen LogP contribution in [0.3, 0.4) is 0 Å². The van der Waals surface area contributed by atoms with E-state index in [-0.39, 0.29) is 5.78 Å². The monoisotopic (exact) mass is 281 g/mol. The number of ketones is 1. The van der Waals surface area contributed by atoms with Crippen LogP contribution in [0, 0.1) is 23.7 Å². The molecular formula is C17H19N3O. The van der Waals surface area contributed by atoms with Crippen LogP contribution in [0.2, 0.25) is 0 Å². The molecule has 0 amide bonds. The number of carbonyl (C=O) groups excluding carboxylic acids is 1. The summed E-state index contributed by atoms with van der Waals surface area (Å²) in [6.07, 6.45) is 6.06. The molecule has 0 bridgehead atoms. The number of nitriles is 1. The van der Waals surface area contributed by atoms with Crippen molar-refractivity contribution in [3.8, 4) is 18.4 Å². The van der Waals surface area contributed by atoms with E-state index in [4.69, 9.17) is 6.42 Å². The van der Waals surface area contributed by atoms with Gasteiger partial charge in [-0.15, -0.1) is 12.3 Å². The van der Waals surface area contributed by atoms with Crippen molar-refractivity contribution < 1.29 is 4.79 Å². The van der Waals surface area contributed by atoms with Crippen LogP contribution in [-0.4, -0.2) is 43.4 Å². The average Bonchev–Trinajstić information content (AvgIpc) is 2.52. The van der Waals surface area contributed by atoms with Gasteiger partial charge in [0.2, 0.25) is 0 Å². The third-order valence-corrected chi connectivity index (χ3v) is 3.81. The summed E-state index contributed by atoms with van der Waals surface area (Å²) in [5.74, 6) is 2.68. The zero-order valence-corrected chi connectivity index (χ0v) is 12.3. The first kappa shape index (κ1) is 15.1. The molecule has 1 aliphatic heterocycles. The minimum absolute atomic E-state index is 0.0217. The number of hydrogen-bond donors (Lipinski definition) is 0. The molecule has 4 heteroatoms. The molecule has 1 saturated heterocycles. The standard InChI is InChI=1S/C17H19N3O/c1-3-4-7-19-8-10-20(11-9-19)17-12-15(14(2)21)5-6-16(17)13-18/h1,5-6,12H,4,7-11H2,2H3. The molecule has 1 aromatic carbocycles. The van der Waals surface area contributed by atoms with E-state index in [1.165, 1.54) is 0 Å². The van der Waals surface area contributed by atoms with Crippen molar-refractivity contribution in [2.24, 2.45) is 0 Å². The molecular weight excluding hydrogens is 262 g/mol. The number of terminal acetylenes is 1. The fourth-order valence-corrected chi connectivity index (χ4v) is 2.54. The van der Waals surface area contributed by atoms with Crippen molar-refractivity contribution in [2.75, 3.05) is 37.6 Å². The van der Waals surface area contributed by atoms with Gasteiger partial charge in [0.15, 0.2) is 5.78 Å². The third kappa shape index (κ3) is 3.62. The van der Waals surface area contributed by atoms with Gasteiger partial charge in [-0.25, -0.2) is 0 Å². The van der Waals surface area contributed by atoms with Crippen molar-refractivity contribution >= 4 is 11.5 Å². The number of nitrogens with zero attached hydrogens (tertiary/aromatic N) is 3. The number of hydrogen-bond acceptors (Lipinski definition) is 4. The second-order valence-corrected chi connectivity index (χ2v) is 5.18. The third-order valence-electron chi connectivity index (χ3n) is 3.81. The molecule has 21 heavy (non-hydrogen) atoms. The molecule has 0 aromatic heterocycles. The van der Waals surface area contributed by atoms with Crippen LogP contribution in [0.25, 0.3) is 0 Å². The second kappa shape index (κ2) is 6.92. The first-order chi connectivity index (χ1) is 10.2. The van der Waals surface area contributed by atoms with Gasteiger partial charge in [-0.3, -0.25) is 9.69 Å². The minimum Gasteiger partial charge on any atom is -0.368 e. The molecule has 0 aliphatic carbocycles. The highest BCUT2D eigenvalue weighted by Gasteiger charge is 2.19. The Kier molecular flexibility index (Phi) is 4.98. The summed E-state index contributed by atoms with van der Waals surface area (Å²) < 4.78 is 0. The van der Waals surface area contributed by atoms with Crippen molar-refractivity contribution in [3.63, 3.8) is 0 Å². The van der Waals surface area contributed by atoms with Gasteiger partial charge < -0.3 is 4.90 Å². The maximum Gasteiger partial charge on any atom is 0.159 e. The molecule has 1 aromatic rings. The van der Waals surface area contributed by atoms with E-state index in [1.807, 2.05) is 6.07 Å². The van der Waals surface area contributed by atoms with Gasteiger partial charge in [-0.2, -0.15) is 5.26 Å². The Hall–Kier alpha value is -2.30. The zero-order chi connectivity index (χ0) is 15.2. The Bertz CT molecular complexity index is 601. The Morgan fingerprint density at radius 1 is 1.33 bits per heavy atom. The smallest absolute Gasteiger partial charge is 0.159 e. The van der Waals surface area contributed by atoms with E-state index in [2.05, 4.69) is 21.8 Å². The number of Topliss-reactive ketones (excluding diaryl/α,β-unsaturated/α-hetero) is 1. The van der Waals surface area contributed by atoms with Crippen LogP contribution in [0.5, 0.6) is 0 Å². The largest absolute Gasteiger partial charge is 0.368 e. The van der Waals surface area contributed by atoms with E-state index in [9.17, 15) is 10.1 Å². The molecule has 1 fully saturated rings. The van der Waals surface area contributed by atoms with Crippen LogP contribution in [0.1, 0.15) is 29.3 Å². The summed E-state index contributed by atoms with van der Waals surface area (Å²) in [4.78, 5) is 16.0. The number of anilines is 1. The lowest BCUT2D eigenvalue weighted by molar-refractivity contribution is 0.101. The normalized spacial score (nSPS) is 15.3. The molecule has 0 unspecified atom stereocenters. The summed E-state index contributed by atoms with van der Waals surface area (Å²) in [6.45, 7) is 6.01. The molecule has 0 spiro atoms. The Morgan fingerprint density at radius 2 is 2.05 bits per heavy atom. The fourth-order valence-electron chi connectivity index (χ4n) is 2.54. The highest BCUT2D eigenvalue weighted by atomic mass is 16.1. The molecule has 2 rings (SSSR count). The van der Waals surface area contributed by atoms with Gasteiger partial charge in [0.25, 0.3) is 0 Å². The Labute approximate surface area is 126 Å². The molecule has 4 nitrogen and oxygen atoms in total. The Balaban J connectivity index is 2.12. The minimum atomic E-state index is 0.0217. The predicted molar refractivity (Wildman–Crippen MR) is 83.3 cm³/mol. The van der Waals surface area contributed by atoms with Crippen molar-refractivity contribution in [1.29, 1.82) is 5.26 Å². The molecule has 1 aliphatic rings.